The van der Waals surface area contributed by atoms with Gasteiger partial charge in [0.25, 0.3) is 0 Å². The summed E-state index contributed by atoms with van der Waals surface area (Å²) in [6, 6.07) is 14.9. The average Bonchev–Trinajstić information content (AvgIpc) is 2.93. The van der Waals surface area contributed by atoms with Crippen LogP contribution in [0.4, 0.5) is 5.13 Å². The first-order valence-electron chi connectivity index (χ1n) is 6.53. The number of hydrogen-bond acceptors (Lipinski definition) is 5. The van der Waals surface area contributed by atoms with Crippen LogP contribution in [-0.4, -0.2) is 16.7 Å². The first-order valence-corrected chi connectivity index (χ1v) is 8.34. The SMILES string of the molecule is CCNc1nnc(SCc2cccc3ccccc23)s1. The van der Waals surface area contributed by atoms with Crippen LogP contribution in [0.3, 0.4) is 0 Å². The molecule has 5 heteroatoms. The Morgan fingerprint density at radius 3 is 2.85 bits per heavy atom. The average molecular weight is 301 g/mol. The summed E-state index contributed by atoms with van der Waals surface area (Å²) in [6.45, 7) is 2.94. The molecule has 0 atom stereocenters. The molecule has 1 heterocycles. The molecule has 3 nitrogen and oxygen atoms in total. The van der Waals surface area contributed by atoms with Crippen LogP contribution < -0.4 is 5.32 Å². The van der Waals surface area contributed by atoms with E-state index in [9.17, 15) is 0 Å². The fraction of sp³-hybridized carbons (Fsp3) is 0.200. The zero-order valence-corrected chi connectivity index (χ0v) is 12.8. The first kappa shape index (κ1) is 13.4. The lowest BCUT2D eigenvalue weighted by atomic mass is 10.1. The van der Waals surface area contributed by atoms with Gasteiger partial charge >= 0.3 is 0 Å². The van der Waals surface area contributed by atoms with E-state index >= 15 is 0 Å². The molecule has 0 unspecified atom stereocenters. The van der Waals surface area contributed by atoms with Crippen molar-refractivity contribution in [2.45, 2.75) is 17.0 Å². The van der Waals surface area contributed by atoms with Gasteiger partial charge in [-0.25, -0.2) is 0 Å². The van der Waals surface area contributed by atoms with Crippen LogP contribution in [0.2, 0.25) is 0 Å². The molecule has 0 aliphatic rings. The van der Waals surface area contributed by atoms with Crippen molar-refractivity contribution < 1.29 is 0 Å². The molecule has 0 aliphatic heterocycles. The van der Waals surface area contributed by atoms with Crippen LogP contribution in [0.15, 0.2) is 46.8 Å². The normalized spacial score (nSPS) is 10.8. The second-order valence-electron chi connectivity index (χ2n) is 4.33. The molecule has 0 bridgehead atoms. The van der Waals surface area contributed by atoms with E-state index in [1.54, 1.807) is 23.1 Å². The number of aromatic nitrogens is 2. The van der Waals surface area contributed by atoms with E-state index in [4.69, 9.17) is 0 Å². The van der Waals surface area contributed by atoms with Crippen molar-refractivity contribution in [2.75, 3.05) is 11.9 Å². The van der Waals surface area contributed by atoms with Crippen molar-refractivity contribution >= 4 is 39.0 Å². The van der Waals surface area contributed by atoms with E-state index in [1.807, 2.05) is 0 Å². The quantitative estimate of drug-likeness (QED) is 0.708. The highest BCUT2D eigenvalue weighted by molar-refractivity contribution is 8.00. The molecule has 3 rings (SSSR count). The van der Waals surface area contributed by atoms with Crippen LogP contribution in [0.5, 0.6) is 0 Å². The predicted octanol–water partition coefficient (Wildman–Crippen LogP) is 4.42. The fourth-order valence-corrected chi connectivity index (χ4v) is 3.87. The van der Waals surface area contributed by atoms with E-state index in [-0.39, 0.29) is 0 Å². The Labute approximate surface area is 126 Å². The second-order valence-corrected chi connectivity index (χ2v) is 6.53. The summed E-state index contributed by atoms with van der Waals surface area (Å²) in [7, 11) is 0. The molecule has 1 N–H and O–H groups in total. The Balaban J connectivity index is 1.76. The molecular weight excluding hydrogens is 286 g/mol. The lowest BCUT2D eigenvalue weighted by molar-refractivity contribution is 1.00. The van der Waals surface area contributed by atoms with Gasteiger partial charge in [-0.2, -0.15) is 0 Å². The zero-order valence-electron chi connectivity index (χ0n) is 11.2. The highest BCUT2D eigenvalue weighted by Gasteiger charge is 2.06. The number of nitrogens with zero attached hydrogens (tertiary/aromatic N) is 2. The van der Waals surface area contributed by atoms with E-state index in [0.717, 1.165) is 21.8 Å². The van der Waals surface area contributed by atoms with Crippen molar-refractivity contribution in [3.8, 4) is 0 Å². The van der Waals surface area contributed by atoms with E-state index < -0.39 is 0 Å². The molecule has 2 aromatic carbocycles. The van der Waals surface area contributed by atoms with Gasteiger partial charge in [-0.3, -0.25) is 0 Å². The smallest absolute Gasteiger partial charge is 0.206 e. The van der Waals surface area contributed by atoms with Crippen LogP contribution in [0.25, 0.3) is 10.8 Å². The number of benzene rings is 2. The van der Waals surface area contributed by atoms with Crippen molar-refractivity contribution in [2.24, 2.45) is 0 Å². The summed E-state index contributed by atoms with van der Waals surface area (Å²) in [5.41, 5.74) is 1.34. The molecule has 3 aromatic rings. The predicted molar refractivity (Wildman–Crippen MR) is 87.6 cm³/mol. The lowest BCUT2D eigenvalue weighted by Gasteiger charge is -2.04. The van der Waals surface area contributed by atoms with E-state index in [0.29, 0.717) is 0 Å². The molecule has 0 fully saturated rings. The third kappa shape index (κ3) is 2.94. The van der Waals surface area contributed by atoms with Gasteiger partial charge in [0.1, 0.15) is 0 Å². The van der Waals surface area contributed by atoms with Gasteiger partial charge < -0.3 is 5.32 Å². The van der Waals surface area contributed by atoms with E-state index in [2.05, 4.69) is 64.9 Å². The Morgan fingerprint density at radius 2 is 1.95 bits per heavy atom. The summed E-state index contributed by atoms with van der Waals surface area (Å²) in [5, 5.41) is 15.0. The molecule has 0 spiro atoms. The molecule has 20 heavy (non-hydrogen) atoms. The lowest BCUT2D eigenvalue weighted by Crippen LogP contribution is -1.94. The van der Waals surface area contributed by atoms with Crippen LogP contribution in [-0.2, 0) is 5.75 Å². The molecule has 0 saturated heterocycles. The summed E-state index contributed by atoms with van der Waals surface area (Å²) in [4.78, 5) is 0. The molecule has 0 radical (unpaired) electrons. The van der Waals surface area contributed by atoms with E-state index in [1.165, 1.54) is 16.3 Å². The van der Waals surface area contributed by atoms with Gasteiger partial charge in [0.15, 0.2) is 4.34 Å². The first-order chi connectivity index (χ1) is 9.86. The molecule has 0 amide bonds. The summed E-state index contributed by atoms with van der Waals surface area (Å²) >= 11 is 3.35. The van der Waals surface area contributed by atoms with Crippen molar-refractivity contribution in [1.82, 2.24) is 10.2 Å². The van der Waals surface area contributed by atoms with Crippen molar-refractivity contribution in [1.29, 1.82) is 0 Å². The highest BCUT2D eigenvalue weighted by Crippen LogP contribution is 2.30. The van der Waals surface area contributed by atoms with Gasteiger partial charge in [0, 0.05) is 12.3 Å². The molecule has 1 aromatic heterocycles. The minimum atomic E-state index is 0.878. The number of nitrogens with one attached hydrogen (secondary N) is 1. The molecule has 0 aliphatic carbocycles. The topological polar surface area (TPSA) is 37.8 Å². The maximum absolute atomic E-state index is 4.20. The van der Waals surface area contributed by atoms with Gasteiger partial charge in [0.2, 0.25) is 5.13 Å². The minimum absolute atomic E-state index is 0.878. The van der Waals surface area contributed by atoms with Crippen LogP contribution >= 0.6 is 23.1 Å². The van der Waals surface area contributed by atoms with Gasteiger partial charge in [-0.15, -0.1) is 10.2 Å². The van der Waals surface area contributed by atoms with Crippen molar-refractivity contribution in [3.63, 3.8) is 0 Å². The Kier molecular flexibility index (Phi) is 4.18. The number of hydrogen-bond donors (Lipinski definition) is 1. The largest absolute Gasteiger partial charge is 0.360 e. The van der Waals surface area contributed by atoms with Gasteiger partial charge in [-0.1, -0.05) is 65.6 Å². The number of fused-ring (bicyclic) bond motifs is 1. The highest BCUT2D eigenvalue weighted by atomic mass is 32.2. The van der Waals surface area contributed by atoms with Crippen molar-refractivity contribution in [3.05, 3.63) is 48.0 Å². The minimum Gasteiger partial charge on any atom is -0.360 e. The molecular formula is C15H15N3S2. The maximum atomic E-state index is 4.20. The fourth-order valence-electron chi connectivity index (χ4n) is 2.05. The number of anilines is 1. The monoisotopic (exact) mass is 301 g/mol. The van der Waals surface area contributed by atoms with Crippen LogP contribution in [0.1, 0.15) is 12.5 Å². The van der Waals surface area contributed by atoms with Gasteiger partial charge in [0.05, 0.1) is 0 Å². The second kappa shape index (κ2) is 6.24. The third-order valence-corrected chi connectivity index (χ3v) is 5.03. The standard InChI is InChI=1S/C15H15N3S2/c1-2-16-14-17-18-15(20-14)19-10-12-8-5-7-11-6-3-4-9-13(11)12/h3-9H,2,10H2,1H3,(H,16,17). The molecule has 0 saturated carbocycles. The third-order valence-electron chi connectivity index (χ3n) is 2.97. The Morgan fingerprint density at radius 1 is 1.10 bits per heavy atom. The number of thioether (sulfide) groups is 1. The Hall–Kier alpha value is -1.59. The zero-order chi connectivity index (χ0) is 13.8. The summed E-state index contributed by atoms with van der Waals surface area (Å²) in [5.74, 6) is 0.919. The molecule has 102 valence electrons. The maximum Gasteiger partial charge on any atom is 0.206 e. The Bertz CT molecular complexity index is 704. The summed E-state index contributed by atoms with van der Waals surface area (Å²) < 4.78 is 1.01. The van der Waals surface area contributed by atoms with Crippen LogP contribution in [0, 0.1) is 0 Å². The van der Waals surface area contributed by atoms with Gasteiger partial charge in [-0.05, 0) is 23.3 Å². The number of rotatable bonds is 5. The summed E-state index contributed by atoms with van der Waals surface area (Å²) in [6.07, 6.45) is 0.